The fourth-order valence-electron chi connectivity index (χ4n) is 2.92. The van der Waals surface area contributed by atoms with Gasteiger partial charge in [-0.2, -0.15) is 0 Å². The molecule has 20 heavy (non-hydrogen) atoms. The number of hydrogen-bond donors (Lipinski definition) is 3. The lowest BCUT2D eigenvalue weighted by Crippen LogP contribution is -3.13. The van der Waals surface area contributed by atoms with Crippen molar-refractivity contribution in [2.45, 2.75) is 39.7 Å². The summed E-state index contributed by atoms with van der Waals surface area (Å²) in [6.45, 7) is 10.2. The zero-order valence-electron chi connectivity index (χ0n) is 12.8. The maximum Gasteiger partial charge on any atom is 0.171 e. The van der Waals surface area contributed by atoms with E-state index in [-0.39, 0.29) is 0 Å². The molecule has 1 aromatic rings. The second-order valence-corrected chi connectivity index (χ2v) is 6.26. The molecule has 0 bridgehead atoms. The summed E-state index contributed by atoms with van der Waals surface area (Å²) in [5, 5.41) is 7.52. The number of rotatable bonds is 3. The van der Waals surface area contributed by atoms with Gasteiger partial charge in [-0.25, -0.2) is 0 Å². The molecule has 1 saturated heterocycles. The molecule has 0 unspecified atom stereocenters. The Bertz CT molecular complexity index is 445. The number of anilines is 1. The molecule has 0 radical (unpaired) electrons. The van der Waals surface area contributed by atoms with E-state index in [2.05, 4.69) is 49.6 Å². The smallest absolute Gasteiger partial charge is 0.171 e. The van der Waals surface area contributed by atoms with Crippen molar-refractivity contribution in [1.29, 1.82) is 0 Å². The minimum absolute atomic E-state index is 0.524. The first kappa shape index (κ1) is 15.3. The second kappa shape index (κ2) is 7.04. The Morgan fingerprint density at radius 1 is 1.20 bits per heavy atom. The van der Waals surface area contributed by atoms with E-state index in [1.54, 1.807) is 4.90 Å². The maximum absolute atomic E-state index is 5.43. The molecule has 1 heterocycles. The Morgan fingerprint density at radius 3 is 2.35 bits per heavy atom. The van der Waals surface area contributed by atoms with Gasteiger partial charge in [-0.3, -0.25) is 0 Å². The molecule has 3 N–H and O–H groups in total. The molecule has 110 valence electrons. The summed E-state index contributed by atoms with van der Waals surface area (Å²) < 4.78 is 0. The zero-order valence-corrected chi connectivity index (χ0v) is 13.6. The lowest BCUT2D eigenvalue weighted by Gasteiger charge is -2.29. The molecule has 0 aromatic heterocycles. The molecule has 3 nitrogen and oxygen atoms in total. The summed E-state index contributed by atoms with van der Waals surface area (Å²) in [5.74, 6) is 0. The van der Waals surface area contributed by atoms with Gasteiger partial charge >= 0.3 is 0 Å². The van der Waals surface area contributed by atoms with Crippen LogP contribution >= 0.6 is 12.2 Å². The van der Waals surface area contributed by atoms with Gasteiger partial charge in [0.15, 0.2) is 5.11 Å². The van der Waals surface area contributed by atoms with Gasteiger partial charge in [-0.1, -0.05) is 6.07 Å². The molecule has 0 saturated carbocycles. The average Bonchev–Trinajstić information content (AvgIpc) is 2.38. The molecule has 1 aliphatic rings. The van der Waals surface area contributed by atoms with Crippen LogP contribution in [0.4, 0.5) is 5.69 Å². The average molecular weight is 292 g/mol. The number of aryl methyl sites for hydroxylation is 2. The van der Waals surface area contributed by atoms with Gasteiger partial charge in [0.2, 0.25) is 0 Å². The largest absolute Gasteiger partial charge is 0.359 e. The van der Waals surface area contributed by atoms with Gasteiger partial charge in [0.1, 0.15) is 0 Å². The molecule has 1 aromatic carbocycles. The van der Waals surface area contributed by atoms with Gasteiger partial charge < -0.3 is 15.5 Å². The van der Waals surface area contributed by atoms with E-state index in [1.807, 2.05) is 0 Å². The molecular formula is C16H26N3S+. The number of piperidine rings is 1. The minimum atomic E-state index is 0.524. The molecule has 0 aliphatic carbocycles. The van der Waals surface area contributed by atoms with Gasteiger partial charge in [-0.15, -0.1) is 0 Å². The fourth-order valence-corrected chi connectivity index (χ4v) is 3.21. The van der Waals surface area contributed by atoms with Gasteiger partial charge in [0, 0.05) is 24.6 Å². The zero-order chi connectivity index (χ0) is 14.5. The van der Waals surface area contributed by atoms with E-state index in [0.717, 1.165) is 10.8 Å². The molecule has 4 heteroatoms. The van der Waals surface area contributed by atoms with E-state index in [4.69, 9.17) is 12.2 Å². The Hall–Kier alpha value is -1.13. The SMILES string of the molecule is CC[NH+]1CCC(NC(=S)Nc2cc(C)cc(C)c2)CC1. The van der Waals surface area contributed by atoms with E-state index in [0.29, 0.717) is 6.04 Å². The van der Waals surface area contributed by atoms with Gasteiger partial charge in [0.05, 0.1) is 19.6 Å². The summed E-state index contributed by atoms with van der Waals surface area (Å²) in [5.41, 5.74) is 3.60. The van der Waals surface area contributed by atoms with Crippen molar-refractivity contribution in [1.82, 2.24) is 5.32 Å². The van der Waals surface area contributed by atoms with Gasteiger partial charge in [-0.05, 0) is 56.2 Å². The van der Waals surface area contributed by atoms with Crippen molar-refractivity contribution in [3.8, 4) is 0 Å². The van der Waals surface area contributed by atoms with E-state index in [1.165, 1.54) is 43.6 Å². The quantitative estimate of drug-likeness (QED) is 0.740. The maximum atomic E-state index is 5.43. The van der Waals surface area contributed by atoms with Crippen molar-refractivity contribution in [2.24, 2.45) is 0 Å². The van der Waals surface area contributed by atoms with Crippen LogP contribution in [0.5, 0.6) is 0 Å². The molecule has 2 rings (SSSR count). The first-order chi connectivity index (χ1) is 9.56. The number of quaternary nitrogens is 1. The van der Waals surface area contributed by atoms with Crippen molar-refractivity contribution in [3.63, 3.8) is 0 Å². The van der Waals surface area contributed by atoms with Crippen molar-refractivity contribution < 1.29 is 4.90 Å². The van der Waals surface area contributed by atoms with E-state index in [9.17, 15) is 0 Å². The van der Waals surface area contributed by atoms with Crippen LogP contribution in [0.25, 0.3) is 0 Å². The molecular weight excluding hydrogens is 266 g/mol. The van der Waals surface area contributed by atoms with Crippen molar-refractivity contribution >= 4 is 23.0 Å². The normalized spacial score (nSPS) is 22.4. The van der Waals surface area contributed by atoms with Crippen LogP contribution in [0.3, 0.4) is 0 Å². The Balaban J connectivity index is 1.83. The van der Waals surface area contributed by atoms with Crippen LogP contribution in [0.2, 0.25) is 0 Å². The number of hydrogen-bond acceptors (Lipinski definition) is 1. The standard InChI is InChI=1S/C16H25N3S/c1-4-19-7-5-14(6-8-19)17-16(20)18-15-10-12(2)9-13(3)11-15/h9-11,14H,4-8H2,1-3H3,(H2,17,18,20)/p+1. The van der Waals surface area contributed by atoms with Crippen LogP contribution < -0.4 is 15.5 Å². The Morgan fingerprint density at radius 2 is 1.80 bits per heavy atom. The third-order valence-corrected chi connectivity index (χ3v) is 4.23. The summed E-state index contributed by atoms with van der Waals surface area (Å²) in [4.78, 5) is 1.70. The summed E-state index contributed by atoms with van der Waals surface area (Å²) in [6.07, 6.45) is 2.41. The summed E-state index contributed by atoms with van der Waals surface area (Å²) >= 11 is 5.43. The van der Waals surface area contributed by atoms with Crippen LogP contribution in [0, 0.1) is 13.8 Å². The predicted molar refractivity (Wildman–Crippen MR) is 89.5 cm³/mol. The Labute approximate surface area is 127 Å². The van der Waals surface area contributed by atoms with Crippen molar-refractivity contribution in [3.05, 3.63) is 29.3 Å². The third kappa shape index (κ3) is 4.46. The van der Waals surface area contributed by atoms with E-state index < -0.39 is 0 Å². The van der Waals surface area contributed by atoms with E-state index >= 15 is 0 Å². The second-order valence-electron chi connectivity index (χ2n) is 5.85. The van der Waals surface area contributed by atoms with Crippen LogP contribution in [-0.4, -0.2) is 30.8 Å². The topological polar surface area (TPSA) is 28.5 Å². The molecule has 0 spiro atoms. The highest BCUT2D eigenvalue weighted by Crippen LogP contribution is 2.13. The highest BCUT2D eigenvalue weighted by molar-refractivity contribution is 7.80. The first-order valence-electron chi connectivity index (χ1n) is 7.56. The van der Waals surface area contributed by atoms with Crippen molar-refractivity contribution in [2.75, 3.05) is 25.0 Å². The molecule has 1 fully saturated rings. The molecule has 0 amide bonds. The summed E-state index contributed by atoms with van der Waals surface area (Å²) in [7, 11) is 0. The minimum Gasteiger partial charge on any atom is -0.359 e. The fraction of sp³-hybridized carbons (Fsp3) is 0.562. The third-order valence-electron chi connectivity index (χ3n) is 4.01. The summed E-state index contributed by atoms with van der Waals surface area (Å²) in [6, 6.07) is 6.96. The lowest BCUT2D eigenvalue weighted by atomic mass is 10.1. The highest BCUT2D eigenvalue weighted by Gasteiger charge is 2.21. The number of likely N-dealkylation sites (tertiary alicyclic amines) is 1. The number of thiocarbonyl (C=S) groups is 1. The predicted octanol–water partition coefficient (Wildman–Crippen LogP) is 1.66. The molecule has 0 atom stereocenters. The Kier molecular flexibility index (Phi) is 5.38. The van der Waals surface area contributed by atoms with Crippen LogP contribution in [0.15, 0.2) is 18.2 Å². The van der Waals surface area contributed by atoms with Gasteiger partial charge in [0.25, 0.3) is 0 Å². The number of benzene rings is 1. The highest BCUT2D eigenvalue weighted by atomic mass is 32.1. The van der Waals surface area contributed by atoms with Crippen LogP contribution in [0.1, 0.15) is 30.9 Å². The lowest BCUT2D eigenvalue weighted by molar-refractivity contribution is -0.903. The first-order valence-corrected chi connectivity index (χ1v) is 7.97. The number of nitrogens with one attached hydrogen (secondary N) is 3. The monoisotopic (exact) mass is 292 g/mol. The van der Waals surface area contributed by atoms with Crippen LogP contribution in [-0.2, 0) is 0 Å². The molecule has 1 aliphatic heterocycles.